The molecule has 0 unspecified atom stereocenters. The molecule has 2 rings (SSSR count). The van der Waals surface area contributed by atoms with Crippen LogP contribution in [0, 0.1) is 13.8 Å². The van der Waals surface area contributed by atoms with E-state index < -0.39 is 0 Å². The Bertz CT molecular complexity index is 681. The van der Waals surface area contributed by atoms with Crippen LogP contribution in [0.15, 0.2) is 36.4 Å². The van der Waals surface area contributed by atoms with Gasteiger partial charge < -0.3 is 0 Å². The quantitative estimate of drug-likeness (QED) is 0.519. The molecule has 0 saturated heterocycles. The Balaban J connectivity index is 2.41. The number of aryl methyl sites for hydroxylation is 2. The Morgan fingerprint density at radius 3 is 1.21 bits per heavy atom. The Hall–Kier alpha value is -1.82. The van der Waals surface area contributed by atoms with Gasteiger partial charge in [-0.25, -0.2) is 0 Å². The highest BCUT2D eigenvalue weighted by atomic mass is 14.2. The van der Waals surface area contributed by atoms with Crippen LogP contribution < -0.4 is 0 Å². The molecule has 0 fully saturated rings. The van der Waals surface area contributed by atoms with Gasteiger partial charge in [-0.1, -0.05) is 90.1 Å². The molecule has 24 heavy (non-hydrogen) atoms. The van der Waals surface area contributed by atoms with E-state index in [1.807, 2.05) is 0 Å². The first-order chi connectivity index (χ1) is 11.0. The van der Waals surface area contributed by atoms with Gasteiger partial charge in [0.15, 0.2) is 0 Å². The molecule has 2 aromatic carbocycles. The molecular formula is C24H32. The third kappa shape index (κ3) is 4.38. The fourth-order valence-electron chi connectivity index (χ4n) is 2.75. The number of rotatable bonds is 2. The summed E-state index contributed by atoms with van der Waals surface area (Å²) in [7, 11) is 0. The van der Waals surface area contributed by atoms with E-state index in [-0.39, 0.29) is 10.8 Å². The molecule has 0 heteroatoms. The molecule has 0 aliphatic heterocycles. The van der Waals surface area contributed by atoms with Crippen molar-refractivity contribution in [3.8, 4) is 0 Å². The lowest BCUT2D eigenvalue weighted by Gasteiger charge is -2.21. The van der Waals surface area contributed by atoms with Crippen LogP contribution >= 0.6 is 0 Å². The van der Waals surface area contributed by atoms with Gasteiger partial charge >= 0.3 is 0 Å². The maximum Gasteiger partial charge on any atom is -0.0132 e. The van der Waals surface area contributed by atoms with Crippen LogP contribution in [-0.4, -0.2) is 0 Å². The molecule has 0 N–H and O–H groups in total. The van der Waals surface area contributed by atoms with Gasteiger partial charge in [-0.3, -0.25) is 0 Å². The van der Waals surface area contributed by atoms with Gasteiger partial charge in [0.25, 0.3) is 0 Å². The van der Waals surface area contributed by atoms with E-state index in [4.69, 9.17) is 0 Å². The zero-order valence-electron chi connectivity index (χ0n) is 16.6. The van der Waals surface area contributed by atoms with Crippen LogP contribution in [-0.2, 0) is 10.8 Å². The zero-order chi connectivity index (χ0) is 18.1. The van der Waals surface area contributed by atoms with Crippen molar-refractivity contribution in [1.82, 2.24) is 0 Å². The smallest absolute Gasteiger partial charge is 0.0132 e. The topological polar surface area (TPSA) is 0 Å². The fourth-order valence-corrected chi connectivity index (χ4v) is 2.75. The van der Waals surface area contributed by atoms with E-state index in [2.05, 4.69) is 104 Å². The van der Waals surface area contributed by atoms with E-state index in [0.29, 0.717) is 0 Å². The van der Waals surface area contributed by atoms with Crippen LogP contribution in [0.2, 0.25) is 0 Å². The molecule has 0 aliphatic carbocycles. The molecule has 0 nitrogen and oxygen atoms in total. The number of hydrogen-bond donors (Lipinski definition) is 0. The highest BCUT2D eigenvalue weighted by Gasteiger charge is 2.15. The van der Waals surface area contributed by atoms with E-state index in [1.54, 1.807) is 0 Å². The fraction of sp³-hybridized carbons (Fsp3) is 0.417. The lowest BCUT2D eigenvalue weighted by molar-refractivity contribution is 0.589. The maximum atomic E-state index is 2.33. The minimum absolute atomic E-state index is 0.179. The molecule has 0 amide bonds. The second-order valence-corrected chi connectivity index (χ2v) is 8.98. The zero-order valence-corrected chi connectivity index (χ0v) is 16.6. The highest BCUT2D eigenvalue weighted by Crippen LogP contribution is 2.27. The molecule has 0 heterocycles. The number of hydrogen-bond acceptors (Lipinski definition) is 0. The van der Waals surface area contributed by atoms with Crippen molar-refractivity contribution < 1.29 is 0 Å². The van der Waals surface area contributed by atoms with Crippen LogP contribution in [0.3, 0.4) is 0 Å². The van der Waals surface area contributed by atoms with Gasteiger partial charge in [0, 0.05) is 0 Å². The molecule has 0 bridgehead atoms. The van der Waals surface area contributed by atoms with Crippen LogP contribution in [0.25, 0.3) is 12.2 Å². The van der Waals surface area contributed by atoms with Crippen molar-refractivity contribution in [3.05, 3.63) is 69.8 Å². The summed E-state index contributed by atoms with van der Waals surface area (Å²) in [4.78, 5) is 0. The lowest BCUT2D eigenvalue weighted by Crippen LogP contribution is -2.11. The molecule has 0 aromatic heterocycles. The lowest BCUT2D eigenvalue weighted by atomic mass is 9.84. The summed E-state index contributed by atoms with van der Waals surface area (Å²) in [6.07, 6.45) is 4.53. The number of benzene rings is 2. The van der Waals surface area contributed by atoms with Crippen molar-refractivity contribution in [2.75, 3.05) is 0 Å². The second-order valence-electron chi connectivity index (χ2n) is 8.98. The van der Waals surface area contributed by atoms with Gasteiger partial charge in [0.1, 0.15) is 0 Å². The summed E-state index contributed by atoms with van der Waals surface area (Å²) in [6, 6.07) is 13.6. The molecule has 0 aliphatic rings. The molecule has 0 saturated carbocycles. The normalized spacial score (nSPS) is 12.8. The monoisotopic (exact) mass is 320 g/mol. The van der Waals surface area contributed by atoms with Gasteiger partial charge in [-0.05, 0) is 58.1 Å². The minimum Gasteiger partial charge on any atom is -0.0584 e. The van der Waals surface area contributed by atoms with Gasteiger partial charge in [-0.15, -0.1) is 0 Å². The third-order valence-electron chi connectivity index (χ3n) is 4.73. The van der Waals surface area contributed by atoms with Crippen LogP contribution in [0.5, 0.6) is 0 Å². The summed E-state index contributed by atoms with van der Waals surface area (Å²) >= 11 is 0. The van der Waals surface area contributed by atoms with Crippen LogP contribution in [0.4, 0.5) is 0 Å². The molecule has 0 spiro atoms. The molecular weight excluding hydrogens is 288 g/mol. The van der Waals surface area contributed by atoms with Crippen molar-refractivity contribution in [3.63, 3.8) is 0 Å². The first-order valence-corrected chi connectivity index (χ1v) is 8.89. The van der Waals surface area contributed by atoms with E-state index in [9.17, 15) is 0 Å². The average Bonchev–Trinajstić information content (AvgIpc) is 2.45. The Morgan fingerprint density at radius 1 is 0.583 bits per heavy atom. The molecule has 0 atom stereocenters. The van der Waals surface area contributed by atoms with Gasteiger partial charge in [0.2, 0.25) is 0 Å². The van der Waals surface area contributed by atoms with Gasteiger partial charge in [0.05, 0.1) is 0 Å². The standard InChI is InChI=1S/C24H32/c1-17-9-13-21(23(3,4)5)15-19(17)11-12-20-16-22(24(6,7)8)14-10-18(20)2/h9-16H,1-8H3. The van der Waals surface area contributed by atoms with Crippen molar-refractivity contribution in [2.24, 2.45) is 0 Å². The van der Waals surface area contributed by atoms with E-state index >= 15 is 0 Å². The summed E-state index contributed by atoms with van der Waals surface area (Å²) in [5, 5.41) is 0. The predicted octanol–water partition coefficient (Wildman–Crippen LogP) is 7.07. The van der Waals surface area contributed by atoms with Crippen molar-refractivity contribution in [1.29, 1.82) is 0 Å². The highest BCUT2D eigenvalue weighted by molar-refractivity contribution is 5.73. The Morgan fingerprint density at radius 2 is 0.917 bits per heavy atom. The first kappa shape index (κ1) is 18.5. The molecule has 128 valence electrons. The molecule has 2 aromatic rings. The summed E-state index contributed by atoms with van der Waals surface area (Å²) in [5.74, 6) is 0. The SMILES string of the molecule is Cc1ccc(C(C)(C)C)cc1C=Cc1cc(C(C)(C)C)ccc1C. The second kappa shape index (κ2) is 6.59. The largest absolute Gasteiger partial charge is 0.0584 e. The Kier molecular flexibility index (Phi) is 5.08. The Labute approximate surface area is 148 Å². The van der Waals surface area contributed by atoms with E-state index in [0.717, 1.165) is 0 Å². The summed E-state index contributed by atoms with van der Waals surface area (Å²) in [6.45, 7) is 18.0. The van der Waals surface area contributed by atoms with E-state index in [1.165, 1.54) is 33.4 Å². The van der Waals surface area contributed by atoms with Crippen molar-refractivity contribution in [2.45, 2.75) is 66.2 Å². The van der Waals surface area contributed by atoms with Gasteiger partial charge in [-0.2, -0.15) is 0 Å². The maximum absolute atomic E-state index is 2.33. The van der Waals surface area contributed by atoms with Crippen molar-refractivity contribution >= 4 is 12.2 Å². The van der Waals surface area contributed by atoms with Crippen LogP contribution in [0.1, 0.15) is 74.9 Å². The predicted molar refractivity (Wildman–Crippen MR) is 109 cm³/mol. The summed E-state index contributed by atoms with van der Waals surface area (Å²) < 4.78 is 0. The summed E-state index contributed by atoms with van der Waals surface area (Å²) in [5.41, 5.74) is 8.39. The minimum atomic E-state index is 0.179. The average molecular weight is 321 g/mol. The first-order valence-electron chi connectivity index (χ1n) is 8.89. The molecule has 0 radical (unpaired) electrons. The third-order valence-corrected chi connectivity index (χ3v) is 4.73.